The number of allylic oxidation sites excluding steroid dienone is 2. The minimum atomic E-state index is 0.583. The third-order valence-corrected chi connectivity index (χ3v) is 8.69. The maximum atomic E-state index is 3.78. The molecule has 1 rings (SSSR count). The van der Waals surface area contributed by atoms with Crippen LogP contribution in [0, 0.1) is 0 Å². The summed E-state index contributed by atoms with van der Waals surface area (Å²) in [5.41, 5.74) is 0. The number of rotatable bonds is 0. The van der Waals surface area contributed by atoms with Crippen LogP contribution in [0.3, 0.4) is 0 Å². The fourth-order valence-electron chi connectivity index (χ4n) is 1.79. The van der Waals surface area contributed by atoms with Gasteiger partial charge in [-0.15, -0.1) is 0 Å². The monoisotopic (exact) mass is 478 g/mol. The predicted molar refractivity (Wildman–Crippen MR) is 87.7 cm³/mol. The number of hydrogen-bond acceptors (Lipinski definition) is 0. The first-order valence-corrected chi connectivity index (χ1v) is 9.49. The SMILES string of the molecule is Br[C@@H]1CC/C=C/CC[C@H](Br)[C@H](Br)CC[C@H]1Br. The normalized spacial score (nSPS) is 40.8. The Labute approximate surface area is 133 Å². The zero-order valence-corrected chi connectivity index (χ0v) is 15.6. The van der Waals surface area contributed by atoms with Gasteiger partial charge in [0.05, 0.1) is 0 Å². The molecule has 16 heavy (non-hydrogen) atoms. The first kappa shape index (κ1) is 15.7. The van der Waals surface area contributed by atoms with Crippen LogP contribution in [0.5, 0.6) is 0 Å². The highest BCUT2D eigenvalue weighted by molar-refractivity contribution is 9.12. The Morgan fingerprint density at radius 2 is 0.875 bits per heavy atom. The summed E-state index contributed by atoms with van der Waals surface area (Å²) in [7, 11) is 0. The first-order chi connectivity index (χ1) is 7.61. The van der Waals surface area contributed by atoms with E-state index >= 15 is 0 Å². The molecular formula is C12H18Br4. The van der Waals surface area contributed by atoms with Crippen molar-refractivity contribution in [2.45, 2.75) is 57.8 Å². The van der Waals surface area contributed by atoms with Crippen LogP contribution in [0.1, 0.15) is 38.5 Å². The summed E-state index contributed by atoms with van der Waals surface area (Å²) in [4.78, 5) is 2.34. The Hall–Kier alpha value is 1.66. The van der Waals surface area contributed by atoms with E-state index in [4.69, 9.17) is 0 Å². The first-order valence-electron chi connectivity index (χ1n) is 5.82. The topological polar surface area (TPSA) is 0 Å². The third kappa shape index (κ3) is 6.01. The summed E-state index contributed by atoms with van der Waals surface area (Å²) in [6, 6.07) is 0. The van der Waals surface area contributed by atoms with Crippen LogP contribution in [0.4, 0.5) is 0 Å². The molecule has 0 spiro atoms. The molecule has 1 aliphatic rings. The van der Waals surface area contributed by atoms with E-state index in [9.17, 15) is 0 Å². The number of halogens is 4. The van der Waals surface area contributed by atoms with E-state index in [0.717, 1.165) is 0 Å². The fraction of sp³-hybridized carbons (Fsp3) is 0.833. The van der Waals surface area contributed by atoms with Gasteiger partial charge >= 0.3 is 0 Å². The Morgan fingerprint density at radius 1 is 0.562 bits per heavy atom. The standard InChI is InChI=1S/C12H18Br4/c13-9-5-3-1-2-4-6-10(14)12(16)8-7-11(9)15/h1-2,9-12H,3-8H2/b2-1+/t9-,10+,11-,12-/m1/s1. The molecule has 0 saturated carbocycles. The predicted octanol–water partition coefficient (Wildman–Crippen LogP) is 5.95. The van der Waals surface area contributed by atoms with E-state index in [2.05, 4.69) is 75.9 Å². The van der Waals surface area contributed by atoms with Gasteiger partial charge in [-0.3, -0.25) is 0 Å². The van der Waals surface area contributed by atoms with Gasteiger partial charge in [-0.1, -0.05) is 75.9 Å². The zero-order valence-electron chi connectivity index (χ0n) is 9.22. The molecule has 0 aliphatic heterocycles. The molecule has 4 atom stereocenters. The van der Waals surface area contributed by atoms with Crippen LogP contribution >= 0.6 is 63.7 Å². The van der Waals surface area contributed by atoms with Crippen molar-refractivity contribution in [3.05, 3.63) is 12.2 Å². The van der Waals surface area contributed by atoms with E-state index in [0.29, 0.717) is 19.3 Å². The van der Waals surface area contributed by atoms with Crippen molar-refractivity contribution in [3.8, 4) is 0 Å². The molecular weight excluding hydrogens is 464 g/mol. The second-order valence-corrected chi connectivity index (χ2v) is 8.97. The lowest BCUT2D eigenvalue weighted by atomic mass is 10.0. The average molecular weight is 482 g/mol. The number of hydrogen-bond donors (Lipinski definition) is 0. The summed E-state index contributed by atoms with van der Waals surface area (Å²) >= 11 is 15.1. The van der Waals surface area contributed by atoms with Gasteiger partial charge < -0.3 is 0 Å². The highest BCUT2D eigenvalue weighted by atomic mass is 79.9. The Bertz CT molecular complexity index is 195. The minimum absolute atomic E-state index is 0.583. The molecule has 0 aromatic rings. The van der Waals surface area contributed by atoms with Gasteiger partial charge in [0.25, 0.3) is 0 Å². The van der Waals surface area contributed by atoms with E-state index in [1.807, 2.05) is 0 Å². The van der Waals surface area contributed by atoms with Gasteiger partial charge in [-0.25, -0.2) is 0 Å². The van der Waals surface area contributed by atoms with Gasteiger partial charge in [0.1, 0.15) is 0 Å². The highest BCUT2D eigenvalue weighted by Crippen LogP contribution is 2.29. The molecule has 1 aliphatic carbocycles. The molecule has 0 nitrogen and oxygen atoms in total. The van der Waals surface area contributed by atoms with Crippen molar-refractivity contribution in [3.63, 3.8) is 0 Å². The van der Waals surface area contributed by atoms with Crippen molar-refractivity contribution in [1.82, 2.24) is 0 Å². The molecule has 0 N–H and O–H groups in total. The number of alkyl halides is 4. The van der Waals surface area contributed by atoms with E-state index in [1.165, 1.54) is 38.5 Å². The second kappa shape index (κ2) is 8.71. The van der Waals surface area contributed by atoms with Crippen LogP contribution in [-0.2, 0) is 0 Å². The Balaban J connectivity index is 2.52. The Kier molecular flexibility index (Phi) is 8.55. The molecule has 0 unspecified atom stereocenters. The fourth-order valence-corrected chi connectivity index (χ4v) is 3.90. The van der Waals surface area contributed by atoms with Crippen LogP contribution in [0.15, 0.2) is 12.2 Å². The smallest absolute Gasteiger partial charge is 0.0274 e. The van der Waals surface area contributed by atoms with Crippen molar-refractivity contribution in [2.75, 3.05) is 0 Å². The lowest BCUT2D eigenvalue weighted by Crippen LogP contribution is -2.19. The molecule has 0 aromatic heterocycles. The molecule has 4 heteroatoms. The van der Waals surface area contributed by atoms with Gasteiger partial charge in [0.2, 0.25) is 0 Å². The highest BCUT2D eigenvalue weighted by Gasteiger charge is 2.20. The summed E-state index contributed by atoms with van der Waals surface area (Å²) in [5, 5.41) is 0. The van der Waals surface area contributed by atoms with Crippen molar-refractivity contribution in [1.29, 1.82) is 0 Å². The quantitative estimate of drug-likeness (QED) is 0.296. The summed E-state index contributed by atoms with van der Waals surface area (Å²) in [5.74, 6) is 0. The Morgan fingerprint density at radius 3 is 1.25 bits per heavy atom. The molecule has 0 amide bonds. The van der Waals surface area contributed by atoms with Crippen LogP contribution in [-0.4, -0.2) is 19.3 Å². The molecule has 0 aromatic carbocycles. The molecule has 0 saturated heterocycles. The third-order valence-electron chi connectivity index (χ3n) is 2.89. The van der Waals surface area contributed by atoms with Crippen molar-refractivity contribution >= 4 is 63.7 Å². The second-order valence-electron chi connectivity index (χ2n) is 4.27. The lowest BCUT2D eigenvalue weighted by Gasteiger charge is -2.21. The van der Waals surface area contributed by atoms with Crippen molar-refractivity contribution < 1.29 is 0 Å². The molecule has 0 heterocycles. The van der Waals surface area contributed by atoms with E-state index in [-0.39, 0.29) is 0 Å². The van der Waals surface area contributed by atoms with E-state index in [1.54, 1.807) is 0 Å². The maximum absolute atomic E-state index is 3.78. The molecule has 0 fully saturated rings. The van der Waals surface area contributed by atoms with Crippen LogP contribution < -0.4 is 0 Å². The average Bonchev–Trinajstić information content (AvgIpc) is 2.27. The minimum Gasteiger partial charge on any atom is -0.0885 e. The van der Waals surface area contributed by atoms with Gasteiger partial charge in [0.15, 0.2) is 0 Å². The maximum Gasteiger partial charge on any atom is 0.0274 e. The lowest BCUT2D eigenvalue weighted by molar-refractivity contribution is 0.617. The molecule has 0 radical (unpaired) electrons. The summed E-state index contributed by atoms with van der Waals surface area (Å²) < 4.78 is 0. The van der Waals surface area contributed by atoms with Gasteiger partial charge in [0, 0.05) is 19.3 Å². The van der Waals surface area contributed by atoms with Crippen molar-refractivity contribution in [2.24, 2.45) is 0 Å². The van der Waals surface area contributed by atoms with E-state index < -0.39 is 0 Å². The van der Waals surface area contributed by atoms with Gasteiger partial charge in [-0.05, 0) is 38.5 Å². The summed E-state index contributed by atoms with van der Waals surface area (Å²) in [6.45, 7) is 0. The van der Waals surface area contributed by atoms with Gasteiger partial charge in [-0.2, -0.15) is 0 Å². The summed E-state index contributed by atoms with van der Waals surface area (Å²) in [6.07, 6.45) is 11.9. The van der Waals surface area contributed by atoms with Crippen LogP contribution in [0.2, 0.25) is 0 Å². The largest absolute Gasteiger partial charge is 0.0885 e. The molecule has 94 valence electrons. The zero-order chi connectivity index (χ0) is 12.0. The molecule has 0 bridgehead atoms. The van der Waals surface area contributed by atoms with Crippen LogP contribution in [0.25, 0.3) is 0 Å².